The van der Waals surface area contributed by atoms with Crippen molar-refractivity contribution in [2.75, 3.05) is 6.54 Å². The van der Waals surface area contributed by atoms with Crippen molar-refractivity contribution in [1.82, 2.24) is 4.90 Å². The third kappa shape index (κ3) is 3.35. The van der Waals surface area contributed by atoms with Crippen molar-refractivity contribution >= 4 is 24.2 Å². The van der Waals surface area contributed by atoms with Gasteiger partial charge in [-0.2, -0.15) is 0 Å². The van der Waals surface area contributed by atoms with Gasteiger partial charge in [0.05, 0.1) is 6.04 Å². The maximum atomic E-state index is 11.8. The van der Waals surface area contributed by atoms with Gasteiger partial charge in [-0.1, -0.05) is 6.92 Å². The topological polar surface area (TPSA) is 89.4 Å². The summed E-state index contributed by atoms with van der Waals surface area (Å²) in [7, 11) is 0. The average molecular weight is 250 g/mol. The van der Waals surface area contributed by atoms with E-state index in [1.54, 1.807) is 4.90 Å². The van der Waals surface area contributed by atoms with E-state index in [0.29, 0.717) is 19.4 Å². The molecule has 2 atom stereocenters. The summed E-state index contributed by atoms with van der Waals surface area (Å²) in [5, 5.41) is 0. The van der Waals surface area contributed by atoms with E-state index in [1.807, 2.05) is 6.92 Å². The van der Waals surface area contributed by atoms with E-state index in [4.69, 9.17) is 11.5 Å². The molecule has 1 heterocycles. The van der Waals surface area contributed by atoms with Crippen molar-refractivity contribution in [3.8, 4) is 0 Å². The van der Waals surface area contributed by atoms with Gasteiger partial charge in [0, 0.05) is 6.54 Å². The number of halogens is 1. The molecule has 0 aromatic heterocycles. The minimum absolute atomic E-state index is 0. The van der Waals surface area contributed by atoms with Crippen LogP contribution in [0.15, 0.2) is 0 Å². The molecule has 0 bridgehead atoms. The lowest BCUT2D eigenvalue weighted by Gasteiger charge is -2.35. The number of carbonyl (C=O) groups excluding carboxylic acids is 2. The van der Waals surface area contributed by atoms with Gasteiger partial charge in [0.1, 0.15) is 6.04 Å². The number of hydrogen-bond donors (Lipinski definition) is 2. The van der Waals surface area contributed by atoms with Crippen LogP contribution < -0.4 is 11.5 Å². The third-order valence-electron chi connectivity index (χ3n) is 2.87. The van der Waals surface area contributed by atoms with Crippen LogP contribution in [0.1, 0.15) is 32.6 Å². The zero-order chi connectivity index (χ0) is 11.4. The van der Waals surface area contributed by atoms with Gasteiger partial charge in [-0.05, 0) is 25.7 Å². The fourth-order valence-electron chi connectivity index (χ4n) is 1.88. The van der Waals surface area contributed by atoms with Crippen molar-refractivity contribution in [2.24, 2.45) is 11.5 Å². The monoisotopic (exact) mass is 249 g/mol. The van der Waals surface area contributed by atoms with Crippen LogP contribution in [-0.4, -0.2) is 35.3 Å². The van der Waals surface area contributed by atoms with E-state index < -0.39 is 18.0 Å². The highest BCUT2D eigenvalue weighted by atomic mass is 35.5. The van der Waals surface area contributed by atoms with E-state index >= 15 is 0 Å². The predicted molar refractivity (Wildman–Crippen MR) is 64.1 cm³/mol. The van der Waals surface area contributed by atoms with E-state index in [-0.39, 0.29) is 18.3 Å². The Morgan fingerprint density at radius 1 is 1.44 bits per heavy atom. The third-order valence-corrected chi connectivity index (χ3v) is 2.87. The first-order valence-corrected chi connectivity index (χ1v) is 5.43. The van der Waals surface area contributed by atoms with Gasteiger partial charge >= 0.3 is 0 Å². The lowest BCUT2D eigenvalue weighted by Crippen LogP contribution is -2.54. The maximum absolute atomic E-state index is 11.8. The van der Waals surface area contributed by atoms with Gasteiger partial charge in [0.25, 0.3) is 0 Å². The first kappa shape index (κ1) is 15.2. The Kier molecular flexibility index (Phi) is 6.36. The molecule has 0 aromatic carbocycles. The fourth-order valence-corrected chi connectivity index (χ4v) is 1.88. The van der Waals surface area contributed by atoms with E-state index in [9.17, 15) is 9.59 Å². The quantitative estimate of drug-likeness (QED) is 0.739. The highest BCUT2D eigenvalue weighted by Gasteiger charge is 2.32. The van der Waals surface area contributed by atoms with Crippen molar-refractivity contribution < 1.29 is 9.59 Å². The summed E-state index contributed by atoms with van der Waals surface area (Å²) in [6.45, 7) is 2.45. The SMILES string of the molecule is CC[C@H](N)C(=O)N1CCCCC1C(N)=O.Cl. The van der Waals surface area contributed by atoms with Crippen LogP contribution in [0.5, 0.6) is 0 Å². The molecule has 1 saturated heterocycles. The van der Waals surface area contributed by atoms with Crippen LogP contribution in [0.3, 0.4) is 0 Å². The Morgan fingerprint density at radius 2 is 2.06 bits per heavy atom. The van der Waals surface area contributed by atoms with Gasteiger partial charge in [-0.25, -0.2) is 0 Å². The number of piperidine rings is 1. The molecule has 0 spiro atoms. The Labute approximate surface area is 102 Å². The Bertz CT molecular complexity index is 260. The summed E-state index contributed by atoms with van der Waals surface area (Å²) in [6.07, 6.45) is 3.11. The van der Waals surface area contributed by atoms with Crippen LogP contribution in [0.4, 0.5) is 0 Å². The second kappa shape index (κ2) is 6.70. The second-order valence-corrected chi connectivity index (χ2v) is 3.96. The zero-order valence-electron chi connectivity index (χ0n) is 9.52. The largest absolute Gasteiger partial charge is 0.368 e. The molecular formula is C10H20ClN3O2. The summed E-state index contributed by atoms with van der Waals surface area (Å²) >= 11 is 0. The maximum Gasteiger partial charge on any atom is 0.240 e. The Balaban J connectivity index is 0.00000225. The first-order valence-electron chi connectivity index (χ1n) is 5.43. The van der Waals surface area contributed by atoms with Crippen molar-refractivity contribution in [2.45, 2.75) is 44.7 Å². The fraction of sp³-hybridized carbons (Fsp3) is 0.800. The molecule has 0 aliphatic carbocycles. The van der Waals surface area contributed by atoms with Crippen molar-refractivity contribution in [1.29, 1.82) is 0 Å². The molecule has 94 valence electrons. The molecule has 1 rings (SSSR count). The smallest absolute Gasteiger partial charge is 0.240 e. The molecule has 0 aromatic rings. The number of nitrogens with zero attached hydrogens (tertiary/aromatic N) is 1. The lowest BCUT2D eigenvalue weighted by molar-refractivity contribution is -0.142. The highest BCUT2D eigenvalue weighted by Crippen LogP contribution is 2.17. The van der Waals surface area contributed by atoms with Crippen LogP contribution in [-0.2, 0) is 9.59 Å². The van der Waals surface area contributed by atoms with E-state index in [1.165, 1.54) is 0 Å². The van der Waals surface area contributed by atoms with Gasteiger partial charge in [0.15, 0.2) is 0 Å². The molecular weight excluding hydrogens is 230 g/mol. The predicted octanol–water partition coefficient (Wildman–Crippen LogP) is 0.0119. The molecule has 1 aliphatic heterocycles. The number of amides is 2. The standard InChI is InChI=1S/C10H19N3O2.ClH/c1-2-7(11)10(15)13-6-4-3-5-8(13)9(12)14;/h7-8H,2-6,11H2,1H3,(H2,12,14);1H/t7-,8?;/m0./s1. The molecule has 2 amide bonds. The van der Waals surface area contributed by atoms with Crippen LogP contribution in [0.25, 0.3) is 0 Å². The van der Waals surface area contributed by atoms with E-state index in [2.05, 4.69) is 0 Å². The number of hydrogen-bond acceptors (Lipinski definition) is 3. The number of carbonyl (C=O) groups is 2. The first-order chi connectivity index (χ1) is 7.07. The number of nitrogens with two attached hydrogens (primary N) is 2. The Hall–Kier alpha value is -0.810. The van der Waals surface area contributed by atoms with Crippen LogP contribution in [0, 0.1) is 0 Å². The van der Waals surface area contributed by atoms with E-state index in [0.717, 1.165) is 12.8 Å². The van der Waals surface area contributed by atoms with Gasteiger partial charge < -0.3 is 16.4 Å². The molecule has 4 N–H and O–H groups in total. The van der Waals surface area contributed by atoms with Crippen LogP contribution >= 0.6 is 12.4 Å². The number of rotatable bonds is 3. The number of likely N-dealkylation sites (tertiary alicyclic amines) is 1. The highest BCUT2D eigenvalue weighted by molar-refractivity contribution is 5.89. The normalized spacial score (nSPS) is 22.1. The summed E-state index contributed by atoms with van der Waals surface area (Å²) in [5.41, 5.74) is 10.9. The molecule has 0 saturated carbocycles. The van der Waals surface area contributed by atoms with Gasteiger partial charge in [0.2, 0.25) is 11.8 Å². The summed E-state index contributed by atoms with van der Waals surface area (Å²) in [4.78, 5) is 24.5. The van der Waals surface area contributed by atoms with Crippen molar-refractivity contribution in [3.63, 3.8) is 0 Å². The lowest BCUT2D eigenvalue weighted by atomic mass is 10.00. The van der Waals surface area contributed by atoms with Crippen molar-refractivity contribution in [3.05, 3.63) is 0 Å². The van der Waals surface area contributed by atoms with Gasteiger partial charge in [-0.3, -0.25) is 9.59 Å². The minimum atomic E-state index is -0.509. The number of primary amides is 1. The second-order valence-electron chi connectivity index (χ2n) is 3.96. The summed E-state index contributed by atoms with van der Waals surface area (Å²) in [6, 6.07) is -0.964. The molecule has 6 heteroatoms. The Morgan fingerprint density at radius 3 is 2.56 bits per heavy atom. The summed E-state index contributed by atoms with van der Waals surface area (Å²) < 4.78 is 0. The zero-order valence-corrected chi connectivity index (χ0v) is 10.3. The average Bonchev–Trinajstić information content (AvgIpc) is 2.27. The summed E-state index contributed by atoms with van der Waals surface area (Å²) in [5.74, 6) is -0.577. The minimum Gasteiger partial charge on any atom is -0.368 e. The molecule has 5 nitrogen and oxygen atoms in total. The molecule has 0 radical (unpaired) electrons. The molecule has 1 aliphatic rings. The molecule has 1 fully saturated rings. The molecule has 1 unspecified atom stereocenters. The molecule has 16 heavy (non-hydrogen) atoms. The van der Waals surface area contributed by atoms with Gasteiger partial charge in [-0.15, -0.1) is 12.4 Å². The van der Waals surface area contributed by atoms with Crippen LogP contribution in [0.2, 0.25) is 0 Å².